The van der Waals surface area contributed by atoms with Crippen LogP contribution >= 0.6 is 0 Å². The minimum absolute atomic E-state index is 0.212. The Kier molecular flexibility index (Phi) is 4.46. The summed E-state index contributed by atoms with van der Waals surface area (Å²) in [5.74, 6) is -1.34. The average Bonchev–Trinajstić information content (AvgIpc) is 2.88. The maximum absolute atomic E-state index is 14.5. The van der Waals surface area contributed by atoms with Gasteiger partial charge in [-0.05, 0) is 42.7 Å². The van der Waals surface area contributed by atoms with Crippen LogP contribution in [0.15, 0.2) is 12.1 Å². The van der Waals surface area contributed by atoms with Crippen LogP contribution in [-0.2, 0) is 23.1 Å². The molecule has 4 nitrogen and oxygen atoms in total. The number of halogens is 4. The Labute approximate surface area is 155 Å². The summed E-state index contributed by atoms with van der Waals surface area (Å²) < 4.78 is 78.6. The van der Waals surface area contributed by atoms with Crippen molar-refractivity contribution in [3.05, 3.63) is 29.1 Å². The van der Waals surface area contributed by atoms with Crippen LogP contribution in [0.4, 0.5) is 17.6 Å². The van der Waals surface area contributed by atoms with Crippen molar-refractivity contribution in [3.63, 3.8) is 0 Å². The summed E-state index contributed by atoms with van der Waals surface area (Å²) in [6, 6.07) is 2.18. The first kappa shape index (κ1) is 19.0. The highest BCUT2D eigenvalue weighted by molar-refractivity contribution is 7.88. The first-order valence-electron chi connectivity index (χ1n) is 9.15. The molecule has 0 bridgehead atoms. The first-order chi connectivity index (χ1) is 12.6. The Morgan fingerprint density at radius 3 is 2.52 bits per heavy atom. The van der Waals surface area contributed by atoms with Crippen LogP contribution in [0.5, 0.6) is 5.75 Å². The predicted molar refractivity (Wildman–Crippen MR) is 90.0 cm³/mol. The summed E-state index contributed by atoms with van der Waals surface area (Å²) in [4.78, 5) is 2.27. The van der Waals surface area contributed by atoms with Crippen molar-refractivity contribution in [1.82, 2.24) is 4.90 Å². The quantitative estimate of drug-likeness (QED) is 0.420. The molecule has 3 aliphatic rings. The third-order valence-corrected chi connectivity index (χ3v) is 7.18. The van der Waals surface area contributed by atoms with E-state index in [2.05, 4.69) is 9.08 Å². The smallest absolute Gasteiger partial charge is 0.376 e. The minimum Gasteiger partial charge on any atom is -0.376 e. The molecule has 2 heterocycles. The molecule has 1 spiro atoms. The van der Waals surface area contributed by atoms with Gasteiger partial charge in [0.25, 0.3) is 0 Å². The second-order valence-corrected chi connectivity index (χ2v) is 9.59. The molecule has 1 aliphatic carbocycles. The van der Waals surface area contributed by atoms with Crippen molar-refractivity contribution >= 4 is 10.1 Å². The molecule has 4 rings (SSSR count). The Bertz CT molecular complexity index is 847. The molecule has 150 valence electrons. The first-order valence-corrected chi connectivity index (χ1v) is 10.6. The Hall–Kier alpha value is -1.35. The monoisotopic (exact) mass is 407 g/mol. The van der Waals surface area contributed by atoms with Gasteiger partial charge in [0, 0.05) is 30.8 Å². The molecule has 1 saturated carbocycles. The van der Waals surface area contributed by atoms with Gasteiger partial charge in [0.2, 0.25) is 0 Å². The summed E-state index contributed by atoms with van der Waals surface area (Å²) >= 11 is 0. The topological polar surface area (TPSA) is 46.6 Å². The van der Waals surface area contributed by atoms with Crippen LogP contribution in [0.25, 0.3) is 0 Å². The summed E-state index contributed by atoms with van der Waals surface area (Å²) in [6.45, 7) is 1.33. The molecule has 2 aliphatic heterocycles. The fraction of sp³-hybridized carbons (Fsp3) is 0.667. The van der Waals surface area contributed by atoms with Crippen LogP contribution in [0.2, 0.25) is 0 Å². The van der Waals surface area contributed by atoms with Crippen LogP contribution in [-0.4, -0.2) is 31.4 Å². The number of benzene rings is 1. The van der Waals surface area contributed by atoms with E-state index in [9.17, 15) is 26.0 Å². The lowest BCUT2D eigenvalue weighted by molar-refractivity contribution is -0.0500. The molecule has 0 radical (unpaired) electrons. The van der Waals surface area contributed by atoms with Gasteiger partial charge in [-0.1, -0.05) is 19.3 Å². The SMILES string of the molecule is O=S(=O)(Oc1cc(F)c2c(c1)CC1CC3(CCCCC3)CN1C2)C(F)(F)F. The van der Waals surface area contributed by atoms with Gasteiger partial charge in [-0.15, -0.1) is 0 Å². The third kappa shape index (κ3) is 3.44. The number of nitrogens with zero attached hydrogens (tertiary/aromatic N) is 1. The fourth-order valence-corrected chi connectivity index (χ4v) is 5.45. The van der Waals surface area contributed by atoms with Gasteiger partial charge in [0.05, 0.1) is 0 Å². The third-order valence-electron chi connectivity index (χ3n) is 6.21. The molecule has 1 aromatic rings. The van der Waals surface area contributed by atoms with E-state index in [0.29, 0.717) is 24.1 Å². The lowest BCUT2D eigenvalue weighted by Crippen LogP contribution is -2.36. The molecular weight excluding hydrogens is 386 g/mol. The predicted octanol–water partition coefficient (Wildman–Crippen LogP) is 4.14. The highest BCUT2D eigenvalue weighted by Gasteiger charge is 2.49. The molecule has 0 N–H and O–H groups in total. The zero-order chi connectivity index (χ0) is 19.4. The largest absolute Gasteiger partial charge is 0.534 e. The highest BCUT2D eigenvalue weighted by atomic mass is 32.2. The molecular formula is C18H21F4NO3S. The molecule has 1 unspecified atom stereocenters. The minimum atomic E-state index is -5.81. The molecule has 0 amide bonds. The van der Waals surface area contributed by atoms with Gasteiger partial charge in [0.1, 0.15) is 11.6 Å². The second kappa shape index (κ2) is 6.34. The molecule has 0 aromatic heterocycles. The van der Waals surface area contributed by atoms with Crippen LogP contribution in [0, 0.1) is 11.2 Å². The van der Waals surface area contributed by atoms with E-state index in [1.807, 2.05) is 0 Å². The van der Waals surface area contributed by atoms with E-state index < -0.39 is 27.2 Å². The zero-order valence-corrected chi connectivity index (χ0v) is 15.5. The van der Waals surface area contributed by atoms with Gasteiger partial charge in [0.15, 0.2) is 0 Å². The summed E-state index contributed by atoms with van der Waals surface area (Å²) in [5, 5.41) is 0. The van der Waals surface area contributed by atoms with Crippen LogP contribution < -0.4 is 4.18 Å². The van der Waals surface area contributed by atoms with Crippen LogP contribution in [0.3, 0.4) is 0 Å². The standard InChI is InChI=1S/C18H21F4NO3S/c19-16-8-14(26-27(24,25)18(20,21)22)7-12-6-13-9-17(4-2-1-3-5-17)11-23(13)10-15(12)16/h7-8,13H,1-6,9-11H2. The lowest BCUT2D eigenvalue weighted by Gasteiger charge is -2.33. The molecule has 2 fully saturated rings. The van der Waals surface area contributed by atoms with Gasteiger partial charge < -0.3 is 4.18 Å². The number of hydrogen-bond acceptors (Lipinski definition) is 4. The van der Waals surface area contributed by atoms with Crippen molar-refractivity contribution in [2.45, 2.75) is 63.0 Å². The molecule has 9 heteroatoms. The van der Waals surface area contributed by atoms with Crippen molar-refractivity contribution in [2.75, 3.05) is 6.54 Å². The zero-order valence-electron chi connectivity index (χ0n) is 14.7. The van der Waals surface area contributed by atoms with E-state index in [4.69, 9.17) is 0 Å². The van der Waals surface area contributed by atoms with Gasteiger partial charge in [-0.3, -0.25) is 4.90 Å². The summed E-state index contributed by atoms with van der Waals surface area (Å²) in [7, 11) is -5.81. The number of hydrogen-bond donors (Lipinski definition) is 0. The fourth-order valence-electron chi connectivity index (χ4n) is 5.01. The number of fused-ring (bicyclic) bond motifs is 2. The summed E-state index contributed by atoms with van der Waals surface area (Å²) in [6.07, 6.45) is 7.48. The molecule has 1 atom stereocenters. The summed E-state index contributed by atoms with van der Waals surface area (Å²) in [5.41, 5.74) is -4.32. The van der Waals surface area contributed by atoms with Crippen LogP contribution in [0.1, 0.15) is 49.7 Å². The van der Waals surface area contributed by atoms with E-state index in [1.54, 1.807) is 0 Å². The molecule has 27 heavy (non-hydrogen) atoms. The van der Waals surface area contributed by atoms with Gasteiger partial charge >= 0.3 is 15.6 Å². The van der Waals surface area contributed by atoms with Gasteiger partial charge in [-0.2, -0.15) is 21.6 Å². The highest BCUT2D eigenvalue weighted by Crippen LogP contribution is 2.49. The van der Waals surface area contributed by atoms with E-state index in [1.165, 1.54) is 25.3 Å². The number of alkyl halides is 3. The van der Waals surface area contributed by atoms with E-state index in [0.717, 1.165) is 31.9 Å². The lowest BCUT2D eigenvalue weighted by atomic mass is 9.72. The maximum atomic E-state index is 14.5. The second-order valence-electron chi connectivity index (χ2n) is 8.05. The van der Waals surface area contributed by atoms with Crippen molar-refractivity contribution in [3.8, 4) is 5.75 Å². The van der Waals surface area contributed by atoms with E-state index >= 15 is 0 Å². The van der Waals surface area contributed by atoms with Gasteiger partial charge in [-0.25, -0.2) is 4.39 Å². The van der Waals surface area contributed by atoms with Crippen molar-refractivity contribution in [2.24, 2.45) is 5.41 Å². The normalized spacial score (nSPS) is 25.3. The average molecular weight is 407 g/mol. The Morgan fingerprint density at radius 2 is 1.85 bits per heavy atom. The number of rotatable bonds is 2. The van der Waals surface area contributed by atoms with Crippen molar-refractivity contribution in [1.29, 1.82) is 0 Å². The Morgan fingerprint density at radius 1 is 1.15 bits per heavy atom. The molecule has 1 aromatic carbocycles. The van der Waals surface area contributed by atoms with E-state index in [-0.39, 0.29) is 11.5 Å². The molecule has 1 saturated heterocycles. The van der Waals surface area contributed by atoms with Crippen molar-refractivity contribution < 1.29 is 30.2 Å². The maximum Gasteiger partial charge on any atom is 0.534 e. The Balaban J connectivity index is 1.58.